The molecule has 0 amide bonds. The predicted molar refractivity (Wildman–Crippen MR) is 67.1 cm³/mol. The van der Waals surface area contributed by atoms with Crippen molar-refractivity contribution in [1.82, 2.24) is 4.90 Å². The van der Waals surface area contributed by atoms with Gasteiger partial charge in [0.2, 0.25) is 0 Å². The number of aryl methyl sites for hydroxylation is 1. The van der Waals surface area contributed by atoms with Gasteiger partial charge in [0.25, 0.3) is 0 Å². The Hall–Kier alpha value is -1.02. The molecule has 1 aliphatic rings. The number of likely N-dealkylation sites (N-methyl/N-ethyl adjacent to an activating group) is 1. The van der Waals surface area contributed by atoms with Crippen molar-refractivity contribution < 1.29 is 4.74 Å². The van der Waals surface area contributed by atoms with E-state index in [0.29, 0.717) is 0 Å². The Kier molecular flexibility index (Phi) is 2.70. The second-order valence-electron chi connectivity index (χ2n) is 5.21. The molecule has 2 nitrogen and oxygen atoms in total. The van der Waals surface area contributed by atoms with Gasteiger partial charge in [-0.3, -0.25) is 4.90 Å². The first-order valence-corrected chi connectivity index (χ1v) is 5.86. The van der Waals surface area contributed by atoms with Gasteiger partial charge in [-0.1, -0.05) is 6.07 Å². The van der Waals surface area contributed by atoms with Crippen LogP contribution in [0.1, 0.15) is 30.5 Å². The maximum Gasteiger partial charge on any atom is 0.122 e. The highest BCUT2D eigenvalue weighted by Gasteiger charge is 2.32. The number of hydrogen-bond acceptors (Lipinski definition) is 2. The number of benzene rings is 1. The van der Waals surface area contributed by atoms with Crippen LogP contribution in [0.2, 0.25) is 0 Å². The highest BCUT2D eigenvalue weighted by atomic mass is 16.5. The molecular weight excluding hydrogens is 198 g/mol. The molecule has 16 heavy (non-hydrogen) atoms. The van der Waals surface area contributed by atoms with Gasteiger partial charge < -0.3 is 4.74 Å². The molecule has 2 heteroatoms. The number of rotatable bonds is 1. The number of fused-ring (bicyclic) bond motifs is 1. The van der Waals surface area contributed by atoms with Crippen LogP contribution in [0.3, 0.4) is 0 Å². The van der Waals surface area contributed by atoms with Gasteiger partial charge in [0, 0.05) is 12.1 Å². The maximum absolute atomic E-state index is 5.39. The van der Waals surface area contributed by atoms with Gasteiger partial charge in [-0.15, -0.1) is 0 Å². The van der Waals surface area contributed by atoms with E-state index in [1.165, 1.54) is 16.7 Å². The average Bonchev–Trinajstić information content (AvgIpc) is 2.24. The summed E-state index contributed by atoms with van der Waals surface area (Å²) in [6.07, 6.45) is 1.12. The highest BCUT2D eigenvalue weighted by Crippen LogP contribution is 2.37. The van der Waals surface area contributed by atoms with Crippen LogP contribution in [-0.2, 0) is 12.0 Å². The van der Waals surface area contributed by atoms with E-state index in [1.54, 1.807) is 7.11 Å². The van der Waals surface area contributed by atoms with Crippen molar-refractivity contribution in [3.05, 3.63) is 28.8 Å². The van der Waals surface area contributed by atoms with Crippen LogP contribution in [0.15, 0.2) is 12.1 Å². The molecule has 0 bridgehead atoms. The Balaban J connectivity index is 2.56. The summed E-state index contributed by atoms with van der Waals surface area (Å²) in [5, 5.41) is 0. The molecule has 2 rings (SSSR count). The molecule has 1 heterocycles. The number of hydrogen-bond donors (Lipinski definition) is 0. The summed E-state index contributed by atoms with van der Waals surface area (Å²) in [6.45, 7) is 7.81. The van der Waals surface area contributed by atoms with Crippen molar-refractivity contribution in [3.63, 3.8) is 0 Å². The summed E-state index contributed by atoms with van der Waals surface area (Å²) < 4.78 is 5.39. The first-order chi connectivity index (χ1) is 7.46. The topological polar surface area (TPSA) is 12.5 Å². The van der Waals surface area contributed by atoms with Gasteiger partial charge >= 0.3 is 0 Å². The zero-order chi connectivity index (χ0) is 11.9. The molecule has 0 saturated carbocycles. The second-order valence-corrected chi connectivity index (χ2v) is 5.21. The van der Waals surface area contributed by atoms with Gasteiger partial charge in [-0.25, -0.2) is 0 Å². The van der Waals surface area contributed by atoms with E-state index < -0.39 is 0 Å². The Labute approximate surface area is 98.2 Å². The summed E-state index contributed by atoms with van der Waals surface area (Å²) in [5.74, 6) is 1.01. The average molecular weight is 219 g/mol. The number of methoxy groups -OCH3 is 1. The maximum atomic E-state index is 5.39. The van der Waals surface area contributed by atoms with Crippen molar-refractivity contribution >= 4 is 0 Å². The number of ether oxygens (including phenoxy) is 1. The second kappa shape index (κ2) is 3.77. The summed E-state index contributed by atoms with van der Waals surface area (Å²) in [4.78, 5) is 2.42. The van der Waals surface area contributed by atoms with E-state index in [2.05, 4.69) is 44.9 Å². The summed E-state index contributed by atoms with van der Waals surface area (Å²) >= 11 is 0. The quantitative estimate of drug-likeness (QED) is 0.720. The molecule has 0 N–H and O–H groups in total. The minimum absolute atomic E-state index is 0.130. The van der Waals surface area contributed by atoms with E-state index in [0.717, 1.165) is 18.7 Å². The standard InChI is InChI=1S/C14H21NO/c1-10-8-12-11(9-13(10)16-5)6-7-15(4)14(12,2)3/h8-9H,6-7H2,1-5H3. The lowest BCUT2D eigenvalue weighted by atomic mass is 9.82. The van der Waals surface area contributed by atoms with Gasteiger partial charge in [0.15, 0.2) is 0 Å². The van der Waals surface area contributed by atoms with Gasteiger partial charge in [-0.05, 0) is 57.0 Å². The lowest BCUT2D eigenvalue weighted by molar-refractivity contribution is 0.143. The minimum Gasteiger partial charge on any atom is -0.496 e. The fourth-order valence-corrected chi connectivity index (χ4v) is 2.50. The fraction of sp³-hybridized carbons (Fsp3) is 0.571. The highest BCUT2D eigenvalue weighted by molar-refractivity contribution is 5.46. The van der Waals surface area contributed by atoms with Crippen LogP contribution in [0, 0.1) is 6.92 Å². The largest absolute Gasteiger partial charge is 0.496 e. The van der Waals surface area contributed by atoms with Crippen LogP contribution in [-0.4, -0.2) is 25.6 Å². The van der Waals surface area contributed by atoms with Crippen molar-refractivity contribution in [2.75, 3.05) is 20.7 Å². The molecule has 0 unspecified atom stereocenters. The van der Waals surface area contributed by atoms with Crippen LogP contribution in [0.5, 0.6) is 5.75 Å². The van der Waals surface area contributed by atoms with Crippen LogP contribution < -0.4 is 4.74 Å². The Morgan fingerprint density at radius 3 is 2.62 bits per heavy atom. The molecule has 0 aliphatic carbocycles. The molecule has 0 aromatic heterocycles. The van der Waals surface area contributed by atoms with Crippen molar-refractivity contribution in [2.24, 2.45) is 0 Å². The Morgan fingerprint density at radius 2 is 2.00 bits per heavy atom. The minimum atomic E-state index is 0.130. The van der Waals surface area contributed by atoms with Crippen LogP contribution >= 0.6 is 0 Å². The monoisotopic (exact) mass is 219 g/mol. The fourth-order valence-electron chi connectivity index (χ4n) is 2.50. The van der Waals surface area contributed by atoms with Crippen molar-refractivity contribution in [1.29, 1.82) is 0 Å². The predicted octanol–water partition coefficient (Wildman–Crippen LogP) is 2.73. The smallest absolute Gasteiger partial charge is 0.122 e. The molecule has 1 aromatic rings. The molecule has 0 radical (unpaired) electrons. The molecule has 0 fully saturated rings. The van der Waals surface area contributed by atoms with Crippen LogP contribution in [0.25, 0.3) is 0 Å². The first kappa shape index (κ1) is 11.5. The van der Waals surface area contributed by atoms with Gasteiger partial charge in [-0.2, -0.15) is 0 Å². The number of nitrogens with zero attached hydrogens (tertiary/aromatic N) is 1. The molecule has 88 valence electrons. The third kappa shape index (κ3) is 1.61. The molecule has 1 aromatic carbocycles. The molecule has 0 saturated heterocycles. The lowest BCUT2D eigenvalue weighted by Gasteiger charge is -2.42. The van der Waals surface area contributed by atoms with E-state index in [9.17, 15) is 0 Å². The SMILES string of the molecule is COc1cc2c(cc1C)C(C)(C)N(C)CC2. The third-order valence-corrected chi connectivity index (χ3v) is 3.95. The van der Waals surface area contributed by atoms with E-state index in [1.807, 2.05) is 0 Å². The van der Waals surface area contributed by atoms with Gasteiger partial charge in [0.05, 0.1) is 7.11 Å². The van der Waals surface area contributed by atoms with Crippen molar-refractivity contribution in [2.45, 2.75) is 32.7 Å². The normalized spacial score (nSPS) is 19.3. The van der Waals surface area contributed by atoms with E-state index in [4.69, 9.17) is 4.74 Å². The van der Waals surface area contributed by atoms with Crippen molar-refractivity contribution in [3.8, 4) is 5.75 Å². The molecule has 0 spiro atoms. The van der Waals surface area contributed by atoms with E-state index in [-0.39, 0.29) is 5.54 Å². The summed E-state index contributed by atoms with van der Waals surface area (Å²) in [7, 11) is 3.94. The molecule has 0 atom stereocenters. The Morgan fingerprint density at radius 1 is 1.31 bits per heavy atom. The zero-order valence-electron chi connectivity index (χ0n) is 10.9. The Bertz CT molecular complexity index is 409. The van der Waals surface area contributed by atoms with E-state index >= 15 is 0 Å². The summed E-state index contributed by atoms with van der Waals surface area (Å²) in [5.41, 5.74) is 4.24. The van der Waals surface area contributed by atoms with Crippen LogP contribution in [0.4, 0.5) is 0 Å². The summed E-state index contributed by atoms with van der Waals surface area (Å²) in [6, 6.07) is 4.49. The lowest BCUT2D eigenvalue weighted by Crippen LogP contribution is -2.44. The first-order valence-electron chi connectivity index (χ1n) is 5.86. The van der Waals surface area contributed by atoms with Gasteiger partial charge in [0.1, 0.15) is 5.75 Å². The molecular formula is C14H21NO. The zero-order valence-corrected chi connectivity index (χ0v) is 10.9. The third-order valence-electron chi connectivity index (χ3n) is 3.95. The molecule has 1 aliphatic heterocycles.